The van der Waals surface area contributed by atoms with Gasteiger partial charge in [0.05, 0.1) is 11.3 Å². The largest absolute Gasteiger partial charge is 0.338 e. The van der Waals surface area contributed by atoms with Crippen LogP contribution in [0.2, 0.25) is 0 Å². The monoisotopic (exact) mass is 366 g/mol. The highest BCUT2D eigenvalue weighted by Gasteiger charge is 2.27. The van der Waals surface area contributed by atoms with Gasteiger partial charge in [-0.2, -0.15) is 11.3 Å². The molecule has 1 aliphatic rings. The number of hydrogen-bond donors (Lipinski definition) is 1. The van der Waals surface area contributed by atoms with E-state index in [9.17, 15) is 9.59 Å². The Kier molecular flexibility index (Phi) is 4.62. The quantitative estimate of drug-likeness (QED) is 0.773. The Morgan fingerprint density at radius 3 is 3.04 bits per heavy atom. The van der Waals surface area contributed by atoms with Crippen LogP contribution >= 0.6 is 11.3 Å². The number of H-pyrrole nitrogens is 1. The van der Waals surface area contributed by atoms with Crippen molar-refractivity contribution in [1.82, 2.24) is 19.9 Å². The third-order valence-corrected chi connectivity index (χ3v) is 5.26. The molecule has 1 aliphatic heterocycles. The lowest BCUT2D eigenvalue weighted by molar-refractivity contribution is 0.0704. The van der Waals surface area contributed by atoms with E-state index in [1.165, 1.54) is 6.07 Å². The normalized spacial score (nSPS) is 17.2. The standard InChI is InChI=1S/C19H18N4O2S/c24-17-9-16(15-5-8-26-12-15)21-18(22-17)14-4-2-7-23(11-14)19(25)13-3-1-6-20-10-13/h1,3,5-6,8-10,12,14H,2,4,7,11H2,(H,21,22,24)/t14-/m0/s1. The summed E-state index contributed by atoms with van der Waals surface area (Å²) in [5.41, 5.74) is 2.05. The van der Waals surface area contributed by atoms with E-state index >= 15 is 0 Å². The fourth-order valence-corrected chi connectivity index (χ4v) is 3.93. The topological polar surface area (TPSA) is 79.0 Å². The van der Waals surface area contributed by atoms with Crippen molar-refractivity contribution in [2.75, 3.05) is 13.1 Å². The lowest BCUT2D eigenvalue weighted by atomic mass is 9.96. The maximum Gasteiger partial charge on any atom is 0.255 e. The highest BCUT2D eigenvalue weighted by atomic mass is 32.1. The maximum absolute atomic E-state index is 12.7. The Morgan fingerprint density at radius 2 is 2.27 bits per heavy atom. The molecule has 0 radical (unpaired) electrons. The van der Waals surface area contributed by atoms with E-state index < -0.39 is 0 Å². The van der Waals surface area contributed by atoms with Gasteiger partial charge in [0.1, 0.15) is 5.82 Å². The van der Waals surface area contributed by atoms with Crippen LogP contribution in [0.25, 0.3) is 11.3 Å². The summed E-state index contributed by atoms with van der Waals surface area (Å²) in [7, 11) is 0. The summed E-state index contributed by atoms with van der Waals surface area (Å²) in [4.78, 5) is 38.2. The number of rotatable bonds is 3. The van der Waals surface area contributed by atoms with Crippen LogP contribution in [0.4, 0.5) is 0 Å². The predicted molar refractivity (Wildman–Crippen MR) is 100 cm³/mol. The minimum Gasteiger partial charge on any atom is -0.338 e. The van der Waals surface area contributed by atoms with Gasteiger partial charge in [0.15, 0.2) is 0 Å². The zero-order valence-electron chi connectivity index (χ0n) is 14.1. The van der Waals surface area contributed by atoms with Gasteiger partial charge in [-0.1, -0.05) is 0 Å². The number of aromatic nitrogens is 3. The molecule has 0 saturated carbocycles. The summed E-state index contributed by atoms with van der Waals surface area (Å²) in [5.74, 6) is 0.650. The molecule has 3 aromatic heterocycles. The summed E-state index contributed by atoms with van der Waals surface area (Å²) >= 11 is 1.57. The smallest absolute Gasteiger partial charge is 0.255 e. The highest BCUT2D eigenvalue weighted by Crippen LogP contribution is 2.27. The van der Waals surface area contributed by atoms with Crippen molar-refractivity contribution in [2.45, 2.75) is 18.8 Å². The van der Waals surface area contributed by atoms with E-state index in [-0.39, 0.29) is 17.4 Å². The Labute approximate surface area is 154 Å². The fraction of sp³-hybridized carbons (Fsp3) is 0.263. The van der Waals surface area contributed by atoms with Gasteiger partial charge in [-0.25, -0.2) is 4.98 Å². The van der Waals surface area contributed by atoms with Crippen molar-refractivity contribution in [2.24, 2.45) is 0 Å². The van der Waals surface area contributed by atoms with Crippen LogP contribution in [0.5, 0.6) is 0 Å². The van der Waals surface area contributed by atoms with E-state index in [4.69, 9.17) is 0 Å². The van der Waals surface area contributed by atoms with Crippen molar-refractivity contribution < 1.29 is 4.79 Å². The average molecular weight is 366 g/mol. The van der Waals surface area contributed by atoms with E-state index in [1.54, 1.807) is 35.9 Å². The summed E-state index contributed by atoms with van der Waals surface area (Å²) in [6.45, 7) is 1.25. The Morgan fingerprint density at radius 1 is 1.35 bits per heavy atom. The van der Waals surface area contributed by atoms with E-state index in [0.29, 0.717) is 30.2 Å². The number of amides is 1. The van der Waals surface area contributed by atoms with E-state index in [1.807, 2.05) is 21.7 Å². The van der Waals surface area contributed by atoms with Crippen LogP contribution in [0.3, 0.4) is 0 Å². The van der Waals surface area contributed by atoms with Gasteiger partial charge in [-0.05, 0) is 36.4 Å². The lowest BCUT2D eigenvalue weighted by Crippen LogP contribution is -2.40. The molecule has 1 N–H and O–H groups in total. The van der Waals surface area contributed by atoms with Crippen LogP contribution in [-0.2, 0) is 0 Å². The first kappa shape index (κ1) is 16.7. The molecule has 1 atom stereocenters. The van der Waals surface area contributed by atoms with Gasteiger partial charge in [0.2, 0.25) is 0 Å². The van der Waals surface area contributed by atoms with Gasteiger partial charge < -0.3 is 9.88 Å². The number of thiophene rings is 1. The van der Waals surface area contributed by atoms with E-state index in [0.717, 1.165) is 18.4 Å². The van der Waals surface area contributed by atoms with Crippen molar-refractivity contribution in [3.63, 3.8) is 0 Å². The third-order valence-electron chi connectivity index (χ3n) is 4.58. The number of nitrogens with one attached hydrogen (secondary N) is 1. The second kappa shape index (κ2) is 7.21. The Hall–Kier alpha value is -2.80. The number of piperidine rings is 1. The summed E-state index contributed by atoms with van der Waals surface area (Å²) in [6.07, 6.45) is 5.01. The first-order valence-corrected chi connectivity index (χ1v) is 9.48. The molecule has 1 saturated heterocycles. The fourth-order valence-electron chi connectivity index (χ4n) is 3.28. The van der Waals surface area contributed by atoms with Crippen molar-refractivity contribution in [3.05, 3.63) is 69.2 Å². The van der Waals surface area contributed by atoms with Gasteiger partial charge in [0.25, 0.3) is 11.5 Å². The Balaban J connectivity index is 1.58. The second-order valence-corrected chi connectivity index (χ2v) is 7.14. The van der Waals surface area contributed by atoms with Gasteiger partial charge in [0, 0.05) is 48.4 Å². The minimum atomic E-state index is -0.160. The predicted octanol–water partition coefficient (Wildman–Crippen LogP) is 2.91. The molecule has 4 heterocycles. The number of aromatic amines is 1. The SMILES string of the molecule is O=C(c1cccnc1)N1CCC[C@H](c2nc(-c3ccsc3)cc(=O)[nH]2)C1. The molecule has 0 spiro atoms. The summed E-state index contributed by atoms with van der Waals surface area (Å²) in [6, 6.07) is 7.01. The molecule has 1 amide bonds. The first-order chi connectivity index (χ1) is 12.7. The third kappa shape index (κ3) is 3.43. The summed E-state index contributed by atoms with van der Waals surface area (Å²) < 4.78 is 0. The average Bonchev–Trinajstić information content (AvgIpc) is 3.23. The van der Waals surface area contributed by atoms with Crippen LogP contribution in [0.1, 0.15) is 34.9 Å². The number of carbonyl (C=O) groups is 1. The zero-order valence-corrected chi connectivity index (χ0v) is 14.9. The number of hydrogen-bond acceptors (Lipinski definition) is 5. The first-order valence-electron chi connectivity index (χ1n) is 8.54. The molecule has 1 fully saturated rings. The molecule has 6 nitrogen and oxygen atoms in total. The molecule has 0 bridgehead atoms. The molecule has 7 heteroatoms. The zero-order chi connectivity index (χ0) is 17.9. The molecular weight excluding hydrogens is 348 g/mol. The molecule has 0 aliphatic carbocycles. The number of pyridine rings is 1. The Bertz CT molecular complexity index is 953. The van der Waals surface area contributed by atoms with Gasteiger partial charge in [-0.3, -0.25) is 14.6 Å². The number of carbonyl (C=O) groups excluding carboxylic acids is 1. The van der Waals surface area contributed by atoms with Crippen LogP contribution in [-0.4, -0.2) is 38.8 Å². The molecule has 4 rings (SSSR count). The lowest BCUT2D eigenvalue weighted by Gasteiger charge is -2.32. The molecule has 3 aromatic rings. The molecule has 132 valence electrons. The number of likely N-dealkylation sites (tertiary alicyclic amines) is 1. The minimum absolute atomic E-state index is 0.0238. The van der Waals surface area contributed by atoms with Gasteiger partial charge in [-0.15, -0.1) is 0 Å². The van der Waals surface area contributed by atoms with Crippen LogP contribution in [0, 0.1) is 0 Å². The maximum atomic E-state index is 12.7. The van der Waals surface area contributed by atoms with E-state index in [2.05, 4.69) is 15.0 Å². The molecule has 0 unspecified atom stereocenters. The molecule has 26 heavy (non-hydrogen) atoms. The molecule has 0 aromatic carbocycles. The van der Waals surface area contributed by atoms with Crippen molar-refractivity contribution >= 4 is 17.2 Å². The van der Waals surface area contributed by atoms with Crippen molar-refractivity contribution in [1.29, 1.82) is 0 Å². The second-order valence-electron chi connectivity index (χ2n) is 6.36. The van der Waals surface area contributed by atoms with Crippen molar-refractivity contribution in [3.8, 4) is 11.3 Å². The highest BCUT2D eigenvalue weighted by molar-refractivity contribution is 7.08. The van der Waals surface area contributed by atoms with Gasteiger partial charge >= 0.3 is 0 Å². The number of nitrogens with zero attached hydrogens (tertiary/aromatic N) is 3. The summed E-state index contributed by atoms with van der Waals surface area (Å²) in [5, 5.41) is 3.94. The molecular formula is C19H18N4O2S. The van der Waals surface area contributed by atoms with Crippen LogP contribution in [0.15, 0.2) is 52.2 Å². The van der Waals surface area contributed by atoms with Crippen LogP contribution < -0.4 is 5.56 Å².